The Morgan fingerprint density at radius 1 is 1.00 bits per heavy atom. The molecule has 0 radical (unpaired) electrons. The number of nitrogens with zero attached hydrogens (tertiary/aromatic N) is 6. The standard InChI is InChI=1S/C22H27FN6O2.ClH/c1-27-10-12-28(13-11-27)21(19-14-18(30-2)8-9-20(19)31-3)22-24-25-26-29(22)15-16-4-6-17(23)7-5-16;/h4-9,14,21H,10-13,15H2,1-3H3;1H. The predicted molar refractivity (Wildman–Crippen MR) is 121 cm³/mol. The van der Waals surface area contributed by atoms with Crippen LogP contribution in [-0.4, -0.2) is 77.5 Å². The van der Waals surface area contributed by atoms with E-state index in [1.165, 1.54) is 12.1 Å². The molecule has 10 heteroatoms. The molecule has 0 bridgehead atoms. The van der Waals surface area contributed by atoms with Crippen molar-refractivity contribution < 1.29 is 13.9 Å². The summed E-state index contributed by atoms with van der Waals surface area (Å²) in [6.45, 7) is 4.07. The van der Waals surface area contributed by atoms with E-state index in [4.69, 9.17) is 9.47 Å². The van der Waals surface area contributed by atoms with Gasteiger partial charge in [-0.15, -0.1) is 17.5 Å². The second-order valence-electron chi connectivity index (χ2n) is 7.67. The van der Waals surface area contributed by atoms with Crippen LogP contribution in [0.5, 0.6) is 11.5 Å². The first-order valence-electron chi connectivity index (χ1n) is 10.2. The number of rotatable bonds is 7. The van der Waals surface area contributed by atoms with Gasteiger partial charge in [-0.1, -0.05) is 12.1 Å². The molecule has 172 valence electrons. The molecular formula is C22H28ClFN6O2. The number of benzene rings is 2. The van der Waals surface area contributed by atoms with Gasteiger partial charge in [-0.2, -0.15) is 0 Å². The molecule has 1 atom stereocenters. The third kappa shape index (κ3) is 5.17. The van der Waals surface area contributed by atoms with E-state index in [1.54, 1.807) is 31.0 Å². The number of piperazine rings is 1. The van der Waals surface area contributed by atoms with E-state index in [0.29, 0.717) is 12.4 Å². The van der Waals surface area contributed by atoms with Gasteiger partial charge in [-0.25, -0.2) is 9.07 Å². The summed E-state index contributed by atoms with van der Waals surface area (Å²) in [5.41, 5.74) is 1.87. The molecule has 1 fully saturated rings. The minimum Gasteiger partial charge on any atom is -0.497 e. The van der Waals surface area contributed by atoms with Gasteiger partial charge in [0.1, 0.15) is 23.4 Å². The average molecular weight is 463 g/mol. The quantitative estimate of drug-likeness (QED) is 0.534. The summed E-state index contributed by atoms with van der Waals surface area (Å²) in [5.74, 6) is 1.94. The van der Waals surface area contributed by atoms with E-state index in [2.05, 4.69) is 32.4 Å². The van der Waals surface area contributed by atoms with Crippen molar-refractivity contribution in [3.63, 3.8) is 0 Å². The molecule has 1 aliphatic heterocycles. The van der Waals surface area contributed by atoms with Crippen LogP contribution in [0.4, 0.5) is 4.39 Å². The smallest absolute Gasteiger partial charge is 0.173 e. The van der Waals surface area contributed by atoms with Gasteiger partial charge in [0, 0.05) is 31.7 Å². The highest BCUT2D eigenvalue weighted by Gasteiger charge is 2.32. The number of hydrogen-bond donors (Lipinski definition) is 0. The summed E-state index contributed by atoms with van der Waals surface area (Å²) in [6, 6.07) is 11.9. The highest BCUT2D eigenvalue weighted by molar-refractivity contribution is 5.85. The van der Waals surface area contributed by atoms with Gasteiger partial charge in [-0.3, -0.25) is 4.90 Å². The molecule has 32 heavy (non-hydrogen) atoms. The van der Waals surface area contributed by atoms with Gasteiger partial charge in [0.2, 0.25) is 0 Å². The van der Waals surface area contributed by atoms with Gasteiger partial charge < -0.3 is 14.4 Å². The number of tetrazole rings is 1. The normalized spacial score (nSPS) is 15.8. The first-order valence-corrected chi connectivity index (χ1v) is 10.2. The highest BCUT2D eigenvalue weighted by Crippen LogP contribution is 2.36. The fraction of sp³-hybridized carbons (Fsp3) is 0.409. The first-order chi connectivity index (χ1) is 15.1. The van der Waals surface area contributed by atoms with E-state index in [-0.39, 0.29) is 24.3 Å². The number of halogens is 2. The van der Waals surface area contributed by atoms with Gasteiger partial charge in [-0.05, 0) is 53.4 Å². The van der Waals surface area contributed by atoms with Crippen LogP contribution in [0.2, 0.25) is 0 Å². The molecular weight excluding hydrogens is 435 g/mol. The molecule has 0 N–H and O–H groups in total. The Kier molecular flexibility index (Phi) is 8.00. The number of aromatic nitrogens is 4. The zero-order chi connectivity index (χ0) is 21.8. The molecule has 8 nitrogen and oxygen atoms in total. The minimum atomic E-state index is -0.267. The molecule has 2 aromatic carbocycles. The van der Waals surface area contributed by atoms with Gasteiger partial charge >= 0.3 is 0 Å². The minimum absolute atomic E-state index is 0. The number of methoxy groups -OCH3 is 2. The summed E-state index contributed by atoms with van der Waals surface area (Å²) >= 11 is 0. The summed E-state index contributed by atoms with van der Waals surface area (Å²) < 4.78 is 26.3. The maximum atomic E-state index is 13.3. The Labute approximate surface area is 193 Å². The molecule has 0 amide bonds. The van der Waals surface area contributed by atoms with Crippen LogP contribution < -0.4 is 9.47 Å². The predicted octanol–water partition coefficient (Wildman–Crippen LogP) is 2.64. The molecule has 0 aliphatic carbocycles. The Balaban J connectivity index is 0.00000289. The molecule has 0 saturated carbocycles. The maximum Gasteiger partial charge on any atom is 0.173 e. The van der Waals surface area contributed by atoms with Crippen LogP contribution in [0.15, 0.2) is 42.5 Å². The highest BCUT2D eigenvalue weighted by atomic mass is 35.5. The van der Waals surface area contributed by atoms with Crippen LogP contribution in [0.25, 0.3) is 0 Å². The van der Waals surface area contributed by atoms with Crippen molar-refractivity contribution in [2.75, 3.05) is 47.4 Å². The second kappa shape index (κ2) is 10.7. The molecule has 4 rings (SSSR count). The molecule has 0 spiro atoms. The van der Waals surface area contributed by atoms with E-state index in [9.17, 15) is 4.39 Å². The van der Waals surface area contributed by atoms with Crippen LogP contribution in [0, 0.1) is 5.82 Å². The summed E-state index contributed by atoms with van der Waals surface area (Å²) in [4.78, 5) is 4.67. The third-order valence-electron chi connectivity index (χ3n) is 5.68. The van der Waals surface area contributed by atoms with E-state index >= 15 is 0 Å². The van der Waals surface area contributed by atoms with E-state index in [0.717, 1.165) is 48.8 Å². The topological polar surface area (TPSA) is 68.5 Å². The lowest BCUT2D eigenvalue weighted by Gasteiger charge is -2.37. The Hall–Kier alpha value is -2.75. The van der Waals surface area contributed by atoms with Crippen LogP contribution >= 0.6 is 12.4 Å². The Morgan fingerprint density at radius 2 is 1.72 bits per heavy atom. The molecule has 1 aromatic heterocycles. The fourth-order valence-corrected chi connectivity index (χ4v) is 3.92. The maximum absolute atomic E-state index is 13.3. The zero-order valence-corrected chi connectivity index (χ0v) is 19.3. The lowest BCUT2D eigenvalue weighted by molar-refractivity contribution is 0.120. The first kappa shape index (κ1) is 23.9. The fourth-order valence-electron chi connectivity index (χ4n) is 3.92. The molecule has 1 unspecified atom stereocenters. The molecule has 2 heterocycles. The molecule has 3 aromatic rings. The lowest BCUT2D eigenvalue weighted by Crippen LogP contribution is -2.46. The largest absolute Gasteiger partial charge is 0.497 e. The summed E-state index contributed by atoms with van der Waals surface area (Å²) in [5, 5.41) is 12.6. The Bertz CT molecular complexity index is 1010. The van der Waals surface area contributed by atoms with E-state index in [1.807, 2.05) is 18.2 Å². The third-order valence-corrected chi connectivity index (χ3v) is 5.68. The van der Waals surface area contributed by atoms with Gasteiger partial charge in [0.05, 0.1) is 20.8 Å². The van der Waals surface area contributed by atoms with Gasteiger partial charge in [0.25, 0.3) is 0 Å². The van der Waals surface area contributed by atoms with Crippen molar-refractivity contribution in [3.8, 4) is 11.5 Å². The molecule has 1 saturated heterocycles. The van der Waals surface area contributed by atoms with Crippen molar-refractivity contribution in [1.29, 1.82) is 0 Å². The molecule has 1 aliphatic rings. The van der Waals surface area contributed by atoms with Crippen LogP contribution in [0.3, 0.4) is 0 Å². The van der Waals surface area contributed by atoms with Crippen molar-refractivity contribution in [1.82, 2.24) is 30.0 Å². The van der Waals surface area contributed by atoms with Crippen molar-refractivity contribution >= 4 is 12.4 Å². The monoisotopic (exact) mass is 462 g/mol. The second-order valence-corrected chi connectivity index (χ2v) is 7.67. The summed E-state index contributed by atoms with van der Waals surface area (Å²) in [6.07, 6.45) is 0. The van der Waals surface area contributed by atoms with Crippen LogP contribution in [0.1, 0.15) is 23.0 Å². The number of likely N-dealkylation sites (N-methyl/N-ethyl adjacent to an activating group) is 1. The van der Waals surface area contributed by atoms with Crippen LogP contribution in [-0.2, 0) is 6.54 Å². The number of ether oxygens (including phenoxy) is 2. The van der Waals surface area contributed by atoms with Gasteiger partial charge in [0.15, 0.2) is 5.82 Å². The van der Waals surface area contributed by atoms with Crippen molar-refractivity contribution in [3.05, 3.63) is 65.2 Å². The van der Waals surface area contributed by atoms with Crippen molar-refractivity contribution in [2.24, 2.45) is 0 Å². The summed E-state index contributed by atoms with van der Waals surface area (Å²) in [7, 11) is 5.43. The SMILES string of the molecule is COc1ccc(OC)c(C(c2nnnn2Cc2ccc(F)cc2)N2CCN(C)CC2)c1.Cl. The Morgan fingerprint density at radius 3 is 2.38 bits per heavy atom. The average Bonchev–Trinajstić information content (AvgIpc) is 3.24. The number of hydrogen-bond acceptors (Lipinski definition) is 7. The zero-order valence-electron chi connectivity index (χ0n) is 18.4. The van der Waals surface area contributed by atoms with E-state index < -0.39 is 0 Å². The lowest BCUT2D eigenvalue weighted by atomic mass is 10.0. The van der Waals surface area contributed by atoms with Crippen molar-refractivity contribution in [2.45, 2.75) is 12.6 Å².